The van der Waals surface area contributed by atoms with Gasteiger partial charge in [0.2, 0.25) is 5.91 Å². The number of aryl methyl sites for hydroxylation is 4. The first-order valence-electron chi connectivity index (χ1n) is 10.7. The zero-order valence-electron chi connectivity index (χ0n) is 19.9. The Morgan fingerprint density at radius 1 is 1.03 bits per heavy atom. The van der Waals surface area contributed by atoms with Crippen molar-refractivity contribution in [2.75, 3.05) is 17.7 Å². The van der Waals surface area contributed by atoms with Gasteiger partial charge in [-0.05, 0) is 78.0 Å². The molecule has 0 aliphatic carbocycles. The van der Waals surface area contributed by atoms with Crippen molar-refractivity contribution in [1.29, 1.82) is 0 Å². The molecule has 0 saturated heterocycles. The standard InChI is InChI=1S/C24H28BrN5O3S/c1-14-7-6-8-15(2)23(14)33-12-21(31)26-11-20-28-29-24(30(20)5)34-13-22(32)27-19-10-17(4)16(3)9-18(19)25/h6-10H,11-13H2,1-5H3,(H,26,31)(H,27,32). The fourth-order valence-corrected chi connectivity index (χ4v) is 4.50. The van der Waals surface area contributed by atoms with E-state index in [4.69, 9.17) is 4.74 Å². The third-order valence-electron chi connectivity index (χ3n) is 5.31. The van der Waals surface area contributed by atoms with Crippen LogP contribution in [-0.2, 0) is 23.2 Å². The van der Waals surface area contributed by atoms with Gasteiger partial charge >= 0.3 is 0 Å². The number of ether oxygens (including phenoxy) is 1. The number of carbonyl (C=O) groups excluding carboxylic acids is 2. The summed E-state index contributed by atoms with van der Waals surface area (Å²) in [5.74, 6) is 1.09. The van der Waals surface area contributed by atoms with Crippen LogP contribution in [0, 0.1) is 27.7 Å². The summed E-state index contributed by atoms with van der Waals surface area (Å²) in [7, 11) is 1.80. The molecule has 3 rings (SSSR count). The van der Waals surface area contributed by atoms with Crippen molar-refractivity contribution in [3.63, 3.8) is 0 Å². The van der Waals surface area contributed by atoms with Gasteiger partial charge in [0.05, 0.1) is 18.0 Å². The molecule has 0 atom stereocenters. The van der Waals surface area contributed by atoms with Gasteiger partial charge < -0.3 is 19.9 Å². The van der Waals surface area contributed by atoms with Crippen LogP contribution in [0.15, 0.2) is 40.0 Å². The molecule has 0 aliphatic heterocycles. The molecule has 2 amide bonds. The molecule has 0 unspecified atom stereocenters. The fourth-order valence-electron chi connectivity index (χ4n) is 3.21. The van der Waals surface area contributed by atoms with E-state index in [2.05, 4.69) is 36.8 Å². The number of para-hydroxylation sites is 1. The Morgan fingerprint density at radius 3 is 2.41 bits per heavy atom. The van der Waals surface area contributed by atoms with Crippen LogP contribution >= 0.6 is 27.7 Å². The van der Waals surface area contributed by atoms with E-state index in [-0.39, 0.29) is 30.7 Å². The number of carbonyl (C=O) groups is 2. The quantitative estimate of drug-likeness (QED) is 0.390. The van der Waals surface area contributed by atoms with Crippen LogP contribution in [0.5, 0.6) is 5.75 Å². The molecule has 34 heavy (non-hydrogen) atoms. The highest BCUT2D eigenvalue weighted by molar-refractivity contribution is 9.10. The highest BCUT2D eigenvalue weighted by Gasteiger charge is 2.14. The number of rotatable bonds is 9. The number of aromatic nitrogens is 3. The third-order valence-corrected chi connectivity index (χ3v) is 6.99. The molecule has 0 spiro atoms. The highest BCUT2D eigenvalue weighted by atomic mass is 79.9. The Balaban J connectivity index is 1.48. The summed E-state index contributed by atoms with van der Waals surface area (Å²) in [6, 6.07) is 9.76. The fraction of sp³-hybridized carbons (Fsp3) is 0.333. The van der Waals surface area contributed by atoms with Gasteiger partial charge in [-0.25, -0.2) is 0 Å². The van der Waals surface area contributed by atoms with Crippen molar-refractivity contribution in [3.8, 4) is 5.75 Å². The van der Waals surface area contributed by atoms with Crippen molar-refractivity contribution < 1.29 is 14.3 Å². The lowest BCUT2D eigenvalue weighted by Gasteiger charge is -2.12. The number of anilines is 1. The smallest absolute Gasteiger partial charge is 0.258 e. The lowest BCUT2D eigenvalue weighted by molar-refractivity contribution is -0.123. The first kappa shape index (κ1) is 25.8. The Morgan fingerprint density at radius 2 is 1.71 bits per heavy atom. The zero-order valence-corrected chi connectivity index (χ0v) is 22.3. The number of hydrogen-bond acceptors (Lipinski definition) is 6. The third kappa shape index (κ3) is 6.60. The van der Waals surface area contributed by atoms with Gasteiger partial charge in [0.15, 0.2) is 17.6 Å². The summed E-state index contributed by atoms with van der Waals surface area (Å²) in [6.45, 7) is 8.04. The van der Waals surface area contributed by atoms with Gasteiger partial charge in [-0.15, -0.1) is 10.2 Å². The number of thioether (sulfide) groups is 1. The van der Waals surface area contributed by atoms with Gasteiger partial charge in [0.25, 0.3) is 5.91 Å². The molecule has 10 heteroatoms. The second kappa shape index (κ2) is 11.5. The van der Waals surface area contributed by atoms with E-state index in [1.807, 2.05) is 58.0 Å². The van der Waals surface area contributed by atoms with E-state index in [0.717, 1.165) is 38.2 Å². The SMILES string of the molecule is Cc1cc(Br)c(NC(=O)CSc2nnc(CNC(=O)COc3c(C)cccc3C)n2C)cc1C. The van der Waals surface area contributed by atoms with Gasteiger partial charge in [-0.3, -0.25) is 9.59 Å². The number of benzene rings is 2. The molecular formula is C24H28BrN5O3S. The van der Waals surface area contributed by atoms with Crippen molar-refractivity contribution in [2.24, 2.45) is 7.05 Å². The van der Waals surface area contributed by atoms with Crippen molar-refractivity contribution in [1.82, 2.24) is 20.1 Å². The zero-order chi connectivity index (χ0) is 24.8. The van der Waals surface area contributed by atoms with Crippen molar-refractivity contribution >= 4 is 45.2 Å². The molecule has 2 N–H and O–H groups in total. The van der Waals surface area contributed by atoms with Crippen LogP contribution in [0.1, 0.15) is 28.1 Å². The molecule has 0 fully saturated rings. The molecule has 0 saturated carbocycles. The van der Waals surface area contributed by atoms with Crippen LogP contribution in [0.25, 0.3) is 0 Å². The maximum Gasteiger partial charge on any atom is 0.258 e. The number of nitrogens with one attached hydrogen (secondary N) is 2. The predicted molar refractivity (Wildman–Crippen MR) is 137 cm³/mol. The molecular weight excluding hydrogens is 518 g/mol. The molecule has 180 valence electrons. The van der Waals surface area contributed by atoms with Crippen LogP contribution in [-0.4, -0.2) is 38.9 Å². The van der Waals surface area contributed by atoms with Crippen molar-refractivity contribution in [3.05, 3.63) is 62.9 Å². The molecule has 2 aromatic carbocycles. The maximum atomic E-state index is 12.4. The Kier molecular flexibility index (Phi) is 8.73. The number of hydrogen-bond donors (Lipinski definition) is 2. The van der Waals surface area contributed by atoms with E-state index in [0.29, 0.717) is 11.0 Å². The van der Waals surface area contributed by atoms with E-state index in [9.17, 15) is 9.59 Å². The molecule has 0 bridgehead atoms. The molecule has 1 heterocycles. The minimum Gasteiger partial charge on any atom is -0.483 e. The number of nitrogens with zero attached hydrogens (tertiary/aromatic N) is 3. The first-order chi connectivity index (χ1) is 16.2. The van der Waals surface area contributed by atoms with Crippen LogP contribution < -0.4 is 15.4 Å². The average Bonchev–Trinajstić information content (AvgIpc) is 3.13. The summed E-state index contributed by atoms with van der Waals surface area (Å²) in [5, 5.41) is 14.6. The van der Waals surface area contributed by atoms with Crippen LogP contribution in [0.4, 0.5) is 5.69 Å². The van der Waals surface area contributed by atoms with Gasteiger partial charge in [-0.1, -0.05) is 30.0 Å². The number of amides is 2. The summed E-state index contributed by atoms with van der Waals surface area (Å²) >= 11 is 4.77. The number of halogens is 1. The van der Waals surface area contributed by atoms with Crippen LogP contribution in [0.2, 0.25) is 0 Å². The van der Waals surface area contributed by atoms with Gasteiger partial charge in [0.1, 0.15) is 5.75 Å². The van der Waals surface area contributed by atoms with Crippen molar-refractivity contribution in [2.45, 2.75) is 39.4 Å². The molecule has 1 aromatic heterocycles. The van der Waals surface area contributed by atoms with E-state index < -0.39 is 0 Å². The summed E-state index contributed by atoms with van der Waals surface area (Å²) in [5.41, 5.74) is 4.95. The second-order valence-electron chi connectivity index (χ2n) is 8.00. The van der Waals surface area contributed by atoms with E-state index in [1.54, 1.807) is 11.6 Å². The topological polar surface area (TPSA) is 98.1 Å². The lowest BCUT2D eigenvalue weighted by Crippen LogP contribution is -2.29. The minimum absolute atomic E-state index is 0.0840. The summed E-state index contributed by atoms with van der Waals surface area (Å²) in [4.78, 5) is 24.7. The maximum absolute atomic E-state index is 12.4. The average molecular weight is 546 g/mol. The first-order valence-corrected chi connectivity index (χ1v) is 12.5. The van der Waals surface area contributed by atoms with Gasteiger partial charge in [0, 0.05) is 11.5 Å². The summed E-state index contributed by atoms with van der Waals surface area (Å²) in [6.07, 6.45) is 0. The van der Waals surface area contributed by atoms with E-state index in [1.165, 1.54) is 11.8 Å². The van der Waals surface area contributed by atoms with E-state index >= 15 is 0 Å². The highest BCUT2D eigenvalue weighted by Crippen LogP contribution is 2.27. The largest absolute Gasteiger partial charge is 0.483 e. The molecule has 0 aliphatic rings. The van der Waals surface area contributed by atoms with Crippen LogP contribution in [0.3, 0.4) is 0 Å². The second-order valence-corrected chi connectivity index (χ2v) is 9.79. The monoisotopic (exact) mass is 545 g/mol. The molecule has 8 nitrogen and oxygen atoms in total. The molecule has 3 aromatic rings. The summed E-state index contributed by atoms with van der Waals surface area (Å²) < 4.78 is 8.28. The Labute approximate surface area is 212 Å². The predicted octanol–water partition coefficient (Wildman–Crippen LogP) is 4.24. The Bertz CT molecular complexity index is 1190. The lowest BCUT2D eigenvalue weighted by atomic mass is 10.1. The Hall–Kier alpha value is -2.85. The molecule has 0 radical (unpaired) electrons. The van der Waals surface area contributed by atoms with Gasteiger partial charge in [-0.2, -0.15) is 0 Å². The minimum atomic E-state index is -0.252. The normalized spacial score (nSPS) is 10.8.